The molecule has 0 bridgehead atoms. The molecule has 0 saturated heterocycles. The van der Waals surface area contributed by atoms with Gasteiger partial charge in [-0.3, -0.25) is 14.9 Å². The van der Waals surface area contributed by atoms with Crippen LogP contribution in [-0.4, -0.2) is 20.8 Å². The average molecular weight is 417 g/mol. The number of nitrogens with zero attached hydrogens (tertiary/aromatic N) is 1. The monoisotopic (exact) mass is 415 g/mol. The van der Waals surface area contributed by atoms with Gasteiger partial charge in [0, 0.05) is 11.8 Å². The zero-order valence-electron chi connectivity index (χ0n) is 13.9. The van der Waals surface area contributed by atoms with E-state index in [9.17, 15) is 14.9 Å². The molecule has 1 amide bonds. The first-order chi connectivity index (χ1) is 12.1. The van der Waals surface area contributed by atoms with Crippen LogP contribution in [0, 0.1) is 24.0 Å². The number of amides is 1. The minimum atomic E-state index is -1.89. The SMILES string of the molecule is Cc1ccc(NC(NC(=O)c2ccccc2[N+](=O)[O-])C(Cl)(Cl)Cl)c(C)c1. The van der Waals surface area contributed by atoms with Gasteiger partial charge in [-0.15, -0.1) is 0 Å². The van der Waals surface area contributed by atoms with Gasteiger partial charge >= 0.3 is 0 Å². The van der Waals surface area contributed by atoms with Crippen molar-refractivity contribution in [3.63, 3.8) is 0 Å². The topological polar surface area (TPSA) is 84.3 Å². The number of hydrogen-bond acceptors (Lipinski definition) is 4. The Morgan fingerprint density at radius 1 is 1.15 bits per heavy atom. The van der Waals surface area contributed by atoms with Crippen LogP contribution in [0.5, 0.6) is 0 Å². The second kappa shape index (κ2) is 8.12. The van der Waals surface area contributed by atoms with Gasteiger partial charge in [0.15, 0.2) is 0 Å². The van der Waals surface area contributed by atoms with E-state index in [1.807, 2.05) is 26.0 Å². The maximum absolute atomic E-state index is 12.5. The van der Waals surface area contributed by atoms with Crippen molar-refractivity contribution < 1.29 is 9.72 Å². The molecule has 1 atom stereocenters. The second-order valence-corrected chi connectivity index (χ2v) is 8.05. The number of nitrogens with one attached hydrogen (secondary N) is 2. The molecule has 2 rings (SSSR count). The number of carbonyl (C=O) groups excluding carboxylic acids is 1. The number of halogens is 3. The Labute approximate surface area is 165 Å². The molecule has 0 aliphatic heterocycles. The number of nitro benzene ring substituents is 1. The van der Waals surface area contributed by atoms with Gasteiger partial charge in [-0.1, -0.05) is 64.6 Å². The van der Waals surface area contributed by atoms with Gasteiger partial charge in [0.2, 0.25) is 3.79 Å². The van der Waals surface area contributed by atoms with E-state index in [4.69, 9.17) is 34.8 Å². The minimum absolute atomic E-state index is 0.126. The van der Waals surface area contributed by atoms with Crippen LogP contribution in [0.1, 0.15) is 21.5 Å². The molecular formula is C17H16Cl3N3O3. The first kappa shape index (κ1) is 20.3. The molecule has 0 aliphatic carbocycles. The fourth-order valence-corrected chi connectivity index (χ4v) is 2.69. The predicted molar refractivity (Wildman–Crippen MR) is 104 cm³/mol. The minimum Gasteiger partial charge on any atom is -0.362 e. The van der Waals surface area contributed by atoms with E-state index in [1.54, 1.807) is 6.07 Å². The Bertz CT molecular complexity index is 837. The van der Waals surface area contributed by atoms with Gasteiger partial charge in [-0.2, -0.15) is 0 Å². The van der Waals surface area contributed by atoms with E-state index in [2.05, 4.69) is 10.6 Å². The van der Waals surface area contributed by atoms with Crippen LogP contribution in [0.2, 0.25) is 0 Å². The van der Waals surface area contributed by atoms with E-state index in [0.29, 0.717) is 5.69 Å². The average Bonchev–Trinajstić information content (AvgIpc) is 2.55. The molecule has 2 aromatic carbocycles. The molecule has 6 nitrogen and oxygen atoms in total. The summed E-state index contributed by atoms with van der Waals surface area (Å²) in [7, 11) is 0. The Morgan fingerprint density at radius 3 is 2.38 bits per heavy atom. The predicted octanol–water partition coefficient (Wildman–Crippen LogP) is 4.75. The third kappa shape index (κ3) is 5.00. The van der Waals surface area contributed by atoms with Crippen molar-refractivity contribution in [2.24, 2.45) is 0 Å². The number of nitro groups is 1. The molecule has 0 radical (unpaired) electrons. The van der Waals surface area contributed by atoms with Crippen molar-refractivity contribution in [1.82, 2.24) is 5.32 Å². The van der Waals surface area contributed by atoms with Crippen LogP contribution in [-0.2, 0) is 0 Å². The summed E-state index contributed by atoms with van der Waals surface area (Å²) >= 11 is 18.0. The van der Waals surface area contributed by atoms with E-state index in [1.165, 1.54) is 24.3 Å². The Hall–Kier alpha value is -2.02. The number of carbonyl (C=O) groups is 1. The highest BCUT2D eigenvalue weighted by Gasteiger charge is 2.35. The molecule has 0 aromatic heterocycles. The summed E-state index contributed by atoms with van der Waals surface area (Å²) in [6.45, 7) is 3.81. The van der Waals surface area contributed by atoms with E-state index in [-0.39, 0.29) is 11.3 Å². The van der Waals surface area contributed by atoms with Crippen molar-refractivity contribution in [1.29, 1.82) is 0 Å². The zero-order chi connectivity index (χ0) is 19.5. The highest BCUT2D eigenvalue weighted by atomic mass is 35.6. The van der Waals surface area contributed by atoms with E-state index in [0.717, 1.165) is 11.1 Å². The van der Waals surface area contributed by atoms with Crippen molar-refractivity contribution in [3.05, 3.63) is 69.3 Å². The molecule has 2 N–H and O–H groups in total. The number of benzene rings is 2. The highest BCUT2D eigenvalue weighted by molar-refractivity contribution is 6.68. The van der Waals surface area contributed by atoms with Crippen LogP contribution in [0.3, 0.4) is 0 Å². The Kier molecular flexibility index (Phi) is 6.34. The number of para-hydroxylation sites is 1. The zero-order valence-corrected chi connectivity index (χ0v) is 16.2. The molecular weight excluding hydrogens is 401 g/mol. The summed E-state index contributed by atoms with van der Waals surface area (Å²) in [6.07, 6.45) is -1.11. The number of hydrogen-bond donors (Lipinski definition) is 2. The van der Waals surface area contributed by atoms with Gasteiger partial charge in [0.1, 0.15) is 11.7 Å². The van der Waals surface area contributed by atoms with Crippen LogP contribution < -0.4 is 10.6 Å². The van der Waals surface area contributed by atoms with Crippen LogP contribution in [0.4, 0.5) is 11.4 Å². The fourth-order valence-electron chi connectivity index (χ4n) is 2.36. The normalized spacial score (nSPS) is 12.3. The third-order valence-electron chi connectivity index (χ3n) is 3.63. The summed E-state index contributed by atoms with van der Waals surface area (Å²) in [5.74, 6) is -0.731. The lowest BCUT2D eigenvalue weighted by Crippen LogP contribution is -2.49. The lowest BCUT2D eigenvalue weighted by Gasteiger charge is -2.28. The number of alkyl halides is 3. The molecule has 1 unspecified atom stereocenters. The summed E-state index contributed by atoms with van der Waals surface area (Å²) in [4.78, 5) is 23.0. The van der Waals surface area contributed by atoms with Crippen molar-refractivity contribution in [2.75, 3.05) is 5.32 Å². The molecule has 0 heterocycles. The van der Waals surface area contributed by atoms with Crippen molar-refractivity contribution >= 4 is 52.1 Å². The largest absolute Gasteiger partial charge is 0.362 e. The van der Waals surface area contributed by atoms with E-state index < -0.39 is 20.8 Å². The summed E-state index contributed by atoms with van der Waals surface area (Å²) in [5, 5.41) is 16.6. The lowest BCUT2D eigenvalue weighted by atomic mass is 10.1. The van der Waals surface area contributed by atoms with Crippen LogP contribution in [0.25, 0.3) is 0 Å². The first-order valence-electron chi connectivity index (χ1n) is 7.54. The summed E-state index contributed by atoms with van der Waals surface area (Å²) < 4.78 is -1.89. The molecule has 0 saturated carbocycles. The smallest absolute Gasteiger partial charge is 0.282 e. The Balaban J connectivity index is 2.29. The molecule has 9 heteroatoms. The summed E-state index contributed by atoms with van der Waals surface area (Å²) in [6, 6.07) is 11.2. The molecule has 26 heavy (non-hydrogen) atoms. The van der Waals surface area contributed by atoms with Crippen molar-refractivity contribution in [3.8, 4) is 0 Å². The van der Waals surface area contributed by atoms with Crippen LogP contribution >= 0.6 is 34.8 Å². The molecule has 2 aromatic rings. The van der Waals surface area contributed by atoms with Crippen LogP contribution in [0.15, 0.2) is 42.5 Å². The summed E-state index contributed by atoms with van der Waals surface area (Å²) in [5.41, 5.74) is 2.15. The lowest BCUT2D eigenvalue weighted by molar-refractivity contribution is -0.385. The molecule has 138 valence electrons. The van der Waals surface area contributed by atoms with Gasteiger partial charge in [0.05, 0.1) is 4.92 Å². The third-order valence-corrected chi connectivity index (χ3v) is 4.28. The quantitative estimate of drug-likeness (QED) is 0.319. The van der Waals surface area contributed by atoms with Gasteiger partial charge < -0.3 is 10.6 Å². The van der Waals surface area contributed by atoms with Crippen molar-refractivity contribution in [2.45, 2.75) is 23.8 Å². The number of rotatable bonds is 5. The maximum atomic E-state index is 12.5. The molecule has 0 fully saturated rings. The second-order valence-electron chi connectivity index (χ2n) is 5.69. The molecule has 0 spiro atoms. The van der Waals surface area contributed by atoms with Gasteiger partial charge in [-0.05, 0) is 31.5 Å². The standard InChI is InChI=1S/C17H16Cl3N3O3/c1-10-7-8-13(11(2)9-10)21-16(17(18,19)20)22-15(24)12-5-3-4-6-14(12)23(25)26/h3-9,16,21H,1-2H3,(H,22,24). The molecule has 0 aliphatic rings. The van der Waals surface area contributed by atoms with E-state index >= 15 is 0 Å². The maximum Gasteiger partial charge on any atom is 0.282 e. The fraction of sp³-hybridized carbons (Fsp3) is 0.235. The number of aryl methyl sites for hydroxylation is 2. The van der Waals surface area contributed by atoms with Gasteiger partial charge in [0.25, 0.3) is 11.6 Å². The first-order valence-corrected chi connectivity index (χ1v) is 8.68. The number of anilines is 1. The highest BCUT2D eigenvalue weighted by Crippen LogP contribution is 2.32. The Morgan fingerprint density at radius 2 is 1.81 bits per heavy atom. The van der Waals surface area contributed by atoms with Gasteiger partial charge in [-0.25, -0.2) is 0 Å².